The van der Waals surface area contributed by atoms with E-state index in [4.69, 9.17) is 13.6 Å². The van der Waals surface area contributed by atoms with Gasteiger partial charge in [-0.3, -0.25) is 24.0 Å². The molecule has 134 valence electrons. The van der Waals surface area contributed by atoms with E-state index in [2.05, 4.69) is 0 Å². The standard InChI is InChI=1S/C15H22NO7P/c1-14(2,3)22-24(20,23-15(4,5)6)21-13-8-7-11(10-17)9-12(13)16(18)19/h7-10H,1-6H3. The molecule has 0 aliphatic heterocycles. The van der Waals surface area contributed by atoms with Gasteiger partial charge in [0.15, 0.2) is 0 Å². The van der Waals surface area contributed by atoms with Crippen LogP contribution >= 0.6 is 7.82 Å². The van der Waals surface area contributed by atoms with Gasteiger partial charge in [0.2, 0.25) is 5.75 Å². The lowest BCUT2D eigenvalue weighted by atomic mass is 10.2. The van der Waals surface area contributed by atoms with Crippen LogP contribution < -0.4 is 4.52 Å². The van der Waals surface area contributed by atoms with Crippen molar-refractivity contribution < 1.29 is 27.9 Å². The number of hydrogen-bond acceptors (Lipinski definition) is 7. The number of aldehydes is 1. The molecule has 0 spiro atoms. The van der Waals surface area contributed by atoms with E-state index in [9.17, 15) is 19.5 Å². The van der Waals surface area contributed by atoms with Crippen molar-refractivity contribution in [2.24, 2.45) is 0 Å². The van der Waals surface area contributed by atoms with Crippen LogP contribution in [-0.4, -0.2) is 22.4 Å². The average Bonchev–Trinajstić information content (AvgIpc) is 2.33. The monoisotopic (exact) mass is 359 g/mol. The minimum atomic E-state index is -4.17. The van der Waals surface area contributed by atoms with Crippen LogP contribution in [0.5, 0.6) is 5.75 Å². The predicted octanol–water partition coefficient (Wildman–Crippen LogP) is 4.52. The Bertz CT molecular complexity index is 653. The molecule has 0 saturated heterocycles. The van der Waals surface area contributed by atoms with Crippen molar-refractivity contribution in [1.82, 2.24) is 0 Å². The molecule has 24 heavy (non-hydrogen) atoms. The fraction of sp³-hybridized carbons (Fsp3) is 0.533. The highest BCUT2D eigenvalue weighted by Gasteiger charge is 2.40. The fourth-order valence-corrected chi connectivity index (χ4v) is 3.52. The Morgan fingerprint density at radius 1 is 1.08 bits per heavy atom. The Morgan fingerprint density at radius 3 is 1.96 bits per heavy atom. The maximum absolute atomic E-state index is 13.0. The number of nitrogens with zero attached hydrogens (tertiary/aromatic N) is 1. The van der Waals surface area contributed by atoms with E-state index in [0.29, 0.717) is 6.29 Å². The van der Waals surface area contributed by atoms with Gasteiger partial charge in [-0.25, -0.2) is 4.57 Å². The molecule has 0 aromatic heterocycles. The Kier molecular flexibility index (Phi) is 5.92. The molecular weight excluding hydrogens is 337 g/mol. The number of carbonyl (C=O) groups is 1. The van der Waals surface area contributed by atoms with Crippen molar-refractivity contribution >= 4 is 19.8 Å². The van der Waals surface area contributed by atoms with Crippen LogP contribution in [0.25, 0.3) is 0 Å². The maximum Gasteiger partial charge on any atom is 0.531 e. The van der Waals surface area contributed by atoms with Gasteiger partial charge in [0.05, 0.1) is 16.1 Å². The third-order valence-corrected chi connectivity index (χ3v) is 4.26. The second-order valence-corrected chi connectivity index (χ2v) is 8.49. The molecule has 0 heterocycles. The van der Waals surface area contributed by atoms with E-state index in [-0.39, 0.29) is 11.3 Å². The van der Waals surface area contributed by atoms with Crippen LogP contribution in [0.3, 0.4) is 0 Å². The number of nitro benzene ring substituents is 1. The summed E-state index contributed by atoms with van der Waals surface area (Å²) in [5.74, 6) is -0.303. The van der Waals surface area contributed by atoms with Crippen LogP contribution in [0.4, 0.5) is 5.69 Å². The van der Waals surface area contributed by atoms with Crippen LogP contribution in [0.15, 0.2) is 18.2 Å². The molecular formula is C15H22NO7P. The Labute approximate surface area is 140 Å². The summed E-state index contributed by atoms with van der Waals surface area (Å²) < 4.78 is 29.1. The summed E-state index contributed by atoms with van der Waals surface area (Å²) in [5, 5.41) is 11.2. The second-order valence-electron chi connectivity index (χ2n) is 7.05. The smallest absolute Gasteiger partial charge is 0.397 e. The first-order valence-corrected chi connectivity index (χ1v) is 8.65. The van der Waals surface area contributed by atoms with Gasteiger partial charge in [-0.1, -0.05) is 0 Å². The van der Waals surface area contributed by atoms with Gasteiger partial charge in [0.25, 0.3) is 0 Å². The van der Waals surface area contributed by atoms with Gasteiger partial charge in [-0.2, -0.15) is 0 Å². The van der Waals surface area contributed by atoms with Crippen molar-refractivity contribution in [2.45, 2.75) is 52.7 Å². The first-order chi connectivity index (χ1) is 10.7. The molecule has 0 atom stereocenters. The molecule has 0 saturated carbocycles. The highest BCUT2D eigenvalue weighted by molar-refractivity contribution is 7.49. The van der Waals surface area contributed by atoms with Crippen LogP contribution in [0, 0.1) is 10.1 Å². The molecule has 1 aromatic rings. The van der Waals surface area contributed by atoms with Gasteiger partial charge in [-0.15, -0.1) is 0 Å². The zero-order valence-electron chi connectivity index (χ0n) is 14.6. The van der Waals surface area contributed by atoms with Crippen molar-refractivity contribution in [2.75, 3.05) is 0 Å². The molecule has 0 bridgehead atoms. The molecule has 1 aromatic carbocycles. The average molecular weight is 359 g/mol. The topological polar surface area (TPSA) is 105 Å². The summed E-state index contributed by atoms with van der Waals surface area (Å²) in [6.07, 6.45) is 0.466. The van der Waals surface area contributed by atoms with Crippen molar-refractivity contribution in [1.29, 1.82) is 0 Å². The Balaban J connectivity index is 3.31. The largest absolute Gasteiger partial charge is 0.531 e. The molecule has 0 radical (unpaired) electrons. The quantitative estimate of drug-likeness (QED) is 0.318. The second kappa shape index (κ2) is 7.01. The maximum atomic E-state index is 13.0. The highest BCUT2D eigenvalue weighted by atomic mass is 31.2. The van der Waals surface area contributed by atoms with Gasteiger partial charge in [0, 0.05) is 11.6 Å². The normalized spacial score (nSPS) is 12.8. The summed E-state index contributed by atoms with van der Waals surface area (Å²) in [7, 11) is -4.17. The summed E-state index contributed by atoms with van der Waals surface area (Å²) in [5.41, 5.74) is -2.16. The zero-order chi connectivity index (χ0) is 18.8. The predicted molar refractivity (Wildman–Crippen MR) is 88.4 cm³/mol. The van der Waals surface area contributed by atoms with Crippen molar-refractivity contribution in [3.63, 3.8) is 0 Å². The number of carbonyl (C=O) groups excluding carboxylic acids is 1. The molecule has 8 nitrogen and oxygen atoms in total. The van der Waals surface area contributed by atoms with Crippen molar-refractivity contribution in [3.8, 4) is 5.75 Å². The van der Waals surface area contributed by atoms with Gasteiger partial charge in [0.1, 0.15) is 6.29 Å². The van der Waals surface area contributed by atoms with E-state index in [1.165, 1.54) is 12.1 Å². The molecule has 1 rings (SSSR count). The fourth-order valence-electron chi connectivity index (χ4n) is 1.67. The first kappa shape index (κ1) is 20.3. The third-order valence-electron chi connectivity index (χ3n) is 2.30. The minimum absolute atomic E-state index is 0.0948. The molecule has 9 heteroatoms. The highest BCUT2D eigenvalue weighted by Crippen LogP contribution is 2.56. The van der Waals surface area contributed by atoms with Crippen LogP contribution in [0.2, 0.25) is 0 Å². The molecule has 0 amide bonds. The summed E-state index contributed by atoms with van der Waals surface area (Å²) in [4.78, 5) is 21.2. The van der Waals surface area contributed by atoms with E-state index >= 15 is 0 Å². The van der Waals surface area contributed by atoms with Gasteiger partial charge >= 0.3 is 13.5 Å². The third kappa shape index (κ3) is 6.39. The lowest BCUT2D eigenvalue weighted by Gasteiger charge is -2.30. The SMILES string of the molecule is CC(C)(C)OP(=O)(Oc1ccc(C=O)cc1[N+](=O)[O-])OC(C)(C)C. The lowest BCUT2D eigenvalue weighted by Crippen LogP contribution is -2.25. The van der Waals surface area contributed by atoms with Gasteiger partial charge in [-0.05, 0) is 53.7 Å². The van der Waals surface area contributed by atoms with E-state index in [1.54, 1.807) is 41.5 Å². The summed E-state index contributed by atoms with van der Waals surface area (Å²) in [6.45, 7) is 9.91. The number of nitro groups is 1. The van der Waals surface area contributed by atoms with Crippen LogP contribution in [-0.2, 0) is 13.6 Å². The number of phosphoric acid groups is 1. The summed E-state index contributed by atoms with van der Waals surface area (Å²) >= 11 is 0. The molecule has 0 aliphatic rings. The number of hydrogen-bond donors (Lipinski definition) is 0. The van der Waals surface area contributed by atoms with E-state index in [0.717, 1.165) is 6.07 Å². The zero-order valence-corrected chi connectivity index (χ0v) is 15.5. The Morgan fingerprint density at radius 2 is 1.58 bits per heavy atom. The van der Waals surface area contributed by atoms with Crippen LogP contribution in [0.1, 0.15) is 51.9 Å². The first-order valence-electron chi connectivity index (χ1n) is 7.19. The molecule has 0 unspecified atom stereocenters. The van der Waals surface area contributed by atoms with Gasteiger partial charge < -0.3 is 4.52 Å². The summed E-state index contributed by atoms with van der Waals surface area (Å²) in [6, 6.07) is 3.53. The molecule has 0 fully saturated rings. The number of rotatable bonds is 6. The minimum Gasteiger partial charge on any atom is -0.397 e. The lowest BCUT2D eigenvalue weighted by molar-refractivity contribution is -0.385. The number of phosphoric ester groups is 1. The van der Waals surface area contributed by atoms with E-state index < -0.39 is 29.6 Å². The Hall–Kier alpha value is -1.76. The number of benzene rings is 1. The van der Waals surface area contributed by atoms with Crippen molar-refractivity contribution in [3.05, 3.63) is 33.9 Å². The molecule has 0 N–H and O–H groups in total. The van der Waals surface area contributed by atoms with E-state index in [1.807, 2.05) is 0 Å². The molecule has 0 aliphatic carbocycles.